The minimum absolute atomic E-state index is 0.0935. The molecule has 0 amide bonds. The van der Waals surface area contributed by atoms with Crippen LogP contribution in [0, 0.1) is 0 Å². The van der Waals surface area contributed by atoms with Crippen molar-refractivity contribution >= 4 is 19.8 Å². The second kappa shape index (κ2) is 36.0. The largest absolute Gasteiger partial charge is 0.469 e. The lowest BCUT2D eigenvalue weighted by Gasteiger charge is -2.18. The van der Waals surface area contributed by atoms with E-state index in [0.717, 1.165) is 64.2 Å². The lowest BCUT2D eigenvalue weighted by molar-refractivity contribution is -0.161. The highest BCUT2D eigenvalue weighted by Gasteiger charge is 2.22. The van der Waals surface area contributed by atoms with Crippen LogP contribution >= 0.6 is 7.82 Å². The van der Waals surface area contributed by atoms with E-state index in [-0.39, 0.29) is 19.4 Å². The number of carbonyl (C=O) groups is 2. The normalized spacial score (nSPS) is 13.4. The van der Waals surface area contributed by atoms with Crippen molar-refractivity contribution in [1.29, 1.82) is 0 Å². The fourth-order valence-corrected chi connectivity index (χ4v) is 4.99. The van der Waals surface area contributed by atoms with Gasteiger partial charge in [-0.1, -0.05) is 137 Å². The second-order valence-electron chi connectivity index (χ2n) is 12.2. The summed E-state index contributed by atoms with van der Waals surface area (Å²) in [6.07, 6.45) is 47.5. The highest BCUT2D eigenvalue weighted by atomic mass is 31.2. The minimum Gasteiger partial charge on any atom is -0.462 e. The number of esters is 2. The van der Waals surface area contributed by atoms with Crippen LogP contribution in [-0.2, 0) is 28.2 Å². The SMILES string of the molecule is CC/C=C/C/C=C/C/C=C/C/C=C/C/C=C/CCCCCC(=O)OCC(COP(=O)(O)O)OC(=O)CC/C=C/C/C=C/CCCCCCCC. The molecule has 1 unspecified atom stereocenters. The first-order valence-electron chi connectivity index (χ1n) is 18.9. The summed E-state index contributed by atoms with van der Waals surface area (Å²) < 4.78 is 26.2. The molecule has 50 heavy (non-hydrogen) atoms. The molecule has 0 aliphatic rings. The van der Waals surface area contributed by atoms with E-state index in [1.54, 1.807) is 0 Å². The number of unbranched alkanes of at least 4 members (excludes halogenated alkanes) is 9. The number of phosphoric ester groups is 1. The van der Waals surface area contributed by atoms with E-state index in [9.17, 15) is 14.2 Å². The molecule has 2 N–H and O–H groups in total. The van der Waals surface area contributed by atoms with Crippen molar-refractivity contribution in [1.82, 2.24) is 0 Å². The van der Waals surface area contributed by atoms with Crippen molar-refractivity contribution < 1.29 is 37.9 Å². The van der Waals surface area contributed by atoms with Crippen LogP contribution in [0.2, 0.25) is 0 Å². The molecule has 1 atom stereocenters. The third-order valence-electron chi connectivity index (χ3n) is 7.41. The number of hydrogen-bond donors (Lipinski definition) is 2. The number of rotatable bonds is 33. The van der Waals surface area contributed by atoms with Gasteiger partial charge in [-0.2, -0.15) is 0 Å². The first-order chi connectivity index (χ1) is 24.3. The Morgan fingerprint density at radius 3 is 1.52 bits per heavy atom. The van der Waals surface area contributed by atoms with Crippen LogP contribution in [0.4, 0.5) is 0 Å². The van der Waals surface area contributed by atoms with Crippen molar-refractivity contribution in [2.45, 2.75) is 148 Å². The summed E-state index contributed by atoms with van der Waals surface area (Å²) in [5.74, 6) is -1.01. The monoisotopic (exact) mass is 718 g/mol. The Bertz CT molecular complexity index is 1080. The second-order valence-corrected chi connectivity index (χ2v) is 13.4. The lowest BCUT2D eigenvalue weighted by Crippen LogP contribution is -2.29. The molecule has 0 aromatic heterocycles. The molecule has 284 valence electrons. The third kappa shape index (κ3) is 38.0. The Morgan fingerprint density at radius 2 is 1.00 bits per heavy atom. The average Bonchev–Trinajstić information content (AvgIpc) is 3.08. The summed E-state index contributed by atoms with van der Waals surface area (Å²) in [4.78, 5) is 42.6. The molecular formula is C41H67O8P. The van der Waals surface area contributed by atoms with Gasteiger partial charge in [0, 0.05) is 12.8 Å². The minimum atomic E-state index is -4.78. The zero-order valence-electron chi connectivity index (χ0n) is 31.0. The van der Waals surface area contributed by atoms with Gasteiger partial charge in [0.05, 0.1) is 6.61 Å². The van der Waals surface area contributed by atoms with Crippen LogP contribution in [0.3, 0.4) is 0 Å². The van der Waals surface area contributed by atoms with Crippen molar-refractivity contribution in [3.63, 3.8) is 0 Å². The summed E-state index contributed by atoms with van der Waals surface area (Å²) in [5, 5.41) is 0. The highest BCUT2D eigenvalue weighted by Crippen LogP contribution is 2.35. The molecule has 0 saturated carbocycles. The number of carbonyl (C=O) groups excluding carboxylic acids is 2. The van der Waals surface area contributed by atoms with Gasteiger partial charge in [-0.05, 0) is 77.0 Å². The van der Waals surface area contributed by atoms with Gasteiger partial charge in [-0.25, -0.2) is 4.57 Å². The summed E-state index contributed by atoms with van der Waals surface area (Å²) in [6.45, 7) is 3.46. The van der Waals surface area contributed by atoms with E-state index < -0.39 is 32.5 Å². The Balaban J connectivity index is 4.12. The summed E-state index contributed by atoms with van der Waals surface area (Å²) in [6, 6.07) is 0. The lowest BCUT2D eigenvalue weighted by atomic mass is 10.1. The molecular weight excluding hydrogens is 651 g/mol. The molecule has 0 aromatic rings. The maximum absolute atomic E-state index is 12.3. The van der Waals surface area contributed by atoms with E-state index in [1.165, 1.54) is 38.5 Å². The Labute approximate surface area is 303 Å². The average molecular weight is 719 g/mol. The highest BCUT2D eigenvalue weighted by molar-refractivity contribution is 7.46. The smallest absolute Gasteiger partial charge is 0.462 e. The molecule has 0 spiro atoms. The predicted octanol–water partition coefficient (Wildman–Crippen LogP) is 11.3. The van der Waals surface area contributed by atoms with Gasteiger partial charge < -0.3 is 19.3 Å². The zero-order valence-corrected chi connectivity index (χ0v) is 31.9. The molecule has 0 radical (unpaired) electrons. The number of ether oxygens (including phenoxy) is 2. The van der Waals surface area contributed by atoms with Crippen LogP contribution in [-0.4, -0.2) is 41.0 Å². The van der Waals surface area contributed by atoms with Gasteiger partial charge in [-0.3, -0.25) is 14.1 Å². The van der Waals surface area contributed by atoms with Crippen molar-refractivity contribution in [3.8, 4) is 0 Å². The Kier molecular flexibility index (Phi) is 34.0. The Hall–Kier alpha value is -2.77. The molecule has 0 aliphatic heterocycles. The maximum atomic E-state index is 12.3. The molecule has 0 aliphatic carbocycles. The predicted molar refractivity (Wildman–Crippen MR) is 207 cm³/mol. The molecule has 0 saturated heterocycles. The molecule has 9 heteroatoms. The van der Waals surface area contributed by atoms with E-state index in [1.807, 2.05) is 12.2 Å². The van der Waals surface area contributed by atoms with E-state index in [4.69, 9.17) is 19.3 Å². The molecule has 0 rings (SSSR count). The topological polar surface area (TPSA) is 119 Å². The van der Waals surface area contributed by atoms with E-state index in [2.05, 4.69) is 91.3 Å². The molecule has 0 fully saturated rings. The summed E-state index contributed by atoms with van der Waals surface area (Å²) in [5.41, 5.74) is 0. The Morgan fingerprint density at radius 1 is 0.540 bits per heavy atom. The van der Waals surface area contributed by atoms with Crippen molar-refractivity contribution in [2.24, 2.45) is 0 Å². The summed E-state index contributed by atoms with van der Waals surface area (Å²) >= 11 is 0. The van der Waals surface area contributed by atoms with Crippen LogP contribution < -0.4 is 0 Å². The van der Waals surface area contributed by atoms with Crippen LogP contribution in [0.15, 0.2) is 85.1 Å². The van der Waals surface area contributed by atoms with Gasteiger partial charge in [-0.15, -0.1) is 0 Å². The van der Waals surface area contributed by atoms with Crippen LogP contribution in [0.1, 0.15) is 142 Å². The van der Waals surface area contributed by atoms with E-state index in [0.29, 0.717) is 12.8 Å². The van der Waals surface area contributed by atoms with E-state index >= 15 is 0 Å². The van der Waals surface area contributed by atoms with Gasteiger partial charge in [0.15, 0.2) is 6.10 Å². The van der Waals surface area contributed by atoms with Gasteiger partial charge in [0.1, 0.15) is 6.61 Å². The molecule has 0 heterocycles. The molecule has 0 aromatic carbocycles. The molecule has 8 nitrogen and oxygen atoms in total. The first-order valence-corrected chi connectivity index (χ1v) is 20.4. The number of allylic oxidation sites excluding steroid dienone is 14. The van der Waals surface area contributed by atoms with Gasteiger partial charge in [0.2, 0.25) is 0 Å². The van der Waals surface area contributed by atoms with Crippen molar-refractivity contribution in [3.05, 3.63) is 85.1 Å². The third-order valence-corrected chi connectivity index (χ3v) is 7.90. The van der Waals surface area contributed by atoms with Crippen LogP contribution in [0.5, 0.6) is 0 Å². The summed E-state index contributed by atoms with van der Waals surface area (Å²) in [7, 11) is -4.78. The van der Waals surface area contributed by atoms with Crippen molar-refractivity contribution in [2.75, 3.05) is 13.2 Å². The fourth-order valence-electron chi connectivity index (χ4n) is 4.63. The zero-order chi connectivity index (χ0) is 36.8. The molecule has 0 bridgehead atoms. The van der Waals surface area contributed by atoms with Crippen LogP contribution in [0.25, 0.3) is 0 Å². The number of phosphoric acid groups is 1. The maximum Gasteiger partial charge on any atom is 0.469 e. The first kappa shape index (κ1) is 47.2. The quantitative estimate of drug-likeness (QED) is 0.0298. The fraction of sp³-hybridized carbons (Fsp3) is 0.610. The van der Waals surface area contributed by atoms with Gasteiger partial charge in [0.25, 0.3) is 0 Å². The number of hydrogen-bond acceptors (Lipinski definition) is 6. The standard InChI is InChI=1S/C41H67O8P/c1-3-5-7-9-11-13-15-17-18-19-20-21-22-24-25-27-29-31-33-35-40(42)47-37-39(38-48-50(44,45)46)49-41(43)36-34-32-30-28-26-23-16-14-12-10-8-6-4-2/h5,7,11,13,17-18,20-21,23-26,30,32,39H,3-4,6,8-10,12,14-16,19,22,27-29,31,33-38H2,1-2H3,(H2,44,45,46)/b7-5+,13-11+,18-17+,21-20+,25-24+,26-23+,32-30+. The van der Waals surface area contributed by atoms with Gasteiger partial charge >= 0.3 is 19.8 Å².